The lowest BCUT2D eigenvalue weighted by atomic mass is 10.00. The Hall–Kier alpha value is -0.810. The van der Waals surface area contributed by atoms with Crippen LogP contribution in [0.2, 0.25) is 0 Å². The molecule has 0 aromatic carbocycles. The van der Waals surface area contributed by atoms with Crippen LogP contribution in [0.4, 0.5) is 0 Å². The highest BCUT2D eigenvalue weighted by atomic mass is 35.5. The Kier molecular flexibility index (Phi) is 5.72. The summed E-state index contributed by atoms with van der Waals surface area (Å²) in [5.74, 6) is 0.485. The summed E-state index contributed by atoms with van der Waals surface area (Å²) < 4.78 is 0. The van der Waals surface area contributed by atoms with Crippen LogP contribution in [-0.2, 0) is 9.59 Å². The second kappa shape index (κ2) is 7.18. The molecule has 2 amide bonds. The molecule has 1 N–H and O–H groups in total. The Morgan fingerprint density at radius 3 is 2.55 bits per heavy atom. The molecule has 0 saturated carbocycles. The predicted molar refractivity (Wildman–Crippen MR) is 88.0 cm³/mol. The average molecular weight is 330 g/mol. The fraction of sp³-hybridized carbons (Fsp3) is 0.875. The van der Waals surface area contributed by atoms with Gasteiger partial charge in [-0.1, -0.05) is 13.8 Å². The number of nitrogens with one attached hydrogen (secondary N) is 1. The normalized spacial score (nSPS) is 29.5. The zero-order valence-electron chi connectivity index (χ0n) is 13.6. The lowest BCUT2D eigenvalue weighted by Gasteiger charge is -2.35. The van der Waals surface area contributed by atoms with Gasteiger partial charge in [0.25, 0.3) is 0 Å². The van der Waals surface area contributed by atoms with Crippen molar-refractivity contribution in [1.82, 2.24) is 15.1 Å². The molecule has 3 heterocycles. The van der Waals surface area contributed by atoms with Crippen LogP contribution in [0.15, 0.2) is 0 Å². The number of carbonyl (C=O) groups is 2. The lowest BCUT2D eigenvalue weighted by molar-refractivity contribution is -0.145. The molecule has 3 fully saturated rings. The maximum absolute atomic E-state index is 13.0. The van der Waals surface area contributed by atoms with Crippen molar-refractivity contribution in [2.75, 3.05) is 19.6 Å². The molecule has 0 aromatic heterocycles. The van der Waals surface area contributed by atoms with E-state index in [1.54, 1.807) is 0 Å². The first kappa shape index (κ1) is 17.5. The third kappa shape index (κ3) is 3.40. The standard InChI is InChI=1S/C16H27N3O2.ClH/c1-11(2)15(19-8-3-4-14(19)20)16(21)18-9-7-12-5-6-13(10-18)17-12;/h11-13,15,17H,3-10H2,1-2H3;1H. The Morgan fingerprint density at radius 2 is 1.91 bits per heavy atom. The van der Waals surface area contributed by atoms with Crippen molar-refractivity contribution in [3.8, 4) is 0 Å². The van der Waals surface area contributed by atoms with E-state index < -0.39 is 0 Å². The van der Waals surface area contributed by atoms with Gasteiger partial charge in [-0.2, -0.15) is 0 Å². The molecule has 0 aliphatic carbocycles. The van der Waals surface area contributed by atoms with Gasteiger partial charge in [0.1, 0.15) is 6.04 Å². The summed E-state index contributed by atoms with van der Waals surface area (Å²) in [5, 5.41) is 3.61. The molecular formula is C16H28ClN3O2. The van der Waals surface area contributed by atoms with E-state index in [0.717, 1.165) is 32.5 Å². The molecular weight excluding hydrogens is 302 g/mol. The lowest BCUT2D eigenvalue weighted by Crippen LogP contribution is -2.53. The van der Waals surface area contributed by atoms with Gasteiger partial charge in [-0.3, -0.25) is 9.59 Å². The molecule has 3 aliphatic rings. The van der Waals surface area contributed by atoms with Gasteiger partial charge < -0.3 is 15.1 Å². The maximum Gasteiger partial charge on any atom is 0.245 e. The van der Waals surface area contributed by atoms with Crippen molar-refractivity contribution in [3.05, 3.63) is 0 Å². The fourth-order valence-electron chi connectivity index (χ4n) is 4.07. The molecule has 0 aromatic rings. The number of carbonyl (C=O) groups excluding carboxylic acids is 2. The molecule has 3 saturated heterocycles. The number of amides is 2. The Morgan fingerprint density at radius 1 is 1.18 bits per heavy atom. The predicted octanol–water partition coefficient (Wildman–Crippen LogP) is 1.41. The summed E-state index contributed by atoms with van der Waals surface area (Å²) in [6, 6.07) is 0.763. The highest BCUT2D eigenvalue weighted by molar-refractivity contribution is 5.89. The summed E-state index contributed by atoms with van der Waals surface area (Å²) in [7, 11) is 0. The number of fused-ring (bicyclic) bond motifs is 2. The smallest absolute Gasteiger partial charge is 0.245 e. The van der Waals surface area contributed by atoms with E-state index in [2.05, 4.69) is 19.2 Å². The van der Waals surface area contributed by atoms with Crippen LogP contribution in [0.3, 0.4) is 0 Å². The summed E-state index contributed by atoms with van der Waals surface area (Å²) >= 11 is 0. The van der Waals surface area contributed by atoms with Crippen molar-refractivity contribution in [3.63, 3.8) is 0 Å². The van der Waals surface area contributed by atoms with Gasteiger partial charge in [0, 0.05) is 38.1 Å². The minimum absolute atomic E-state index is 0. The van der Waals surface area contributed by atoms with E-state index in [4.69, 9.17) is 0 Å². The number of nitrogens with zero attached hydrogens (tertiary/aromatic N) is 2. The summed E-state index contributed by atoms with van der Waals surface area (Å²) in [6.07, 6.45) is 4.94. The second-order valence-electron chi connectivity index (χ2n) is 7.09. The average Bonchev–Trinajstić information content (AvgIpc) is 2.96. The molecule has 0 radical (unpaired) electrons. The van der Waals surface area contributed by atoms with Gasteiger partial charge in [-0.05, 0) is 31.6 Å². The third-order valence-electron chi connectivity index (χ3n) is 5.17. The van der Waals surface area contributed by atoms with Gasteiger partial charge in [-0.15, -0.1) is 12.4 Å². The zero-order valence-corrected chi connectivity index (χ0v) is 14.4. The minimum atomic E-state index is -0.267. The van der Waals surface area contributed by atoms with Gasteiger partial charge >= 0.3 is 0 Å². The van der Waals surface area contributed by atoms with Crippen LogP contribution in [0, 0.1) is 5.92 Å². The monoisotopic (exact) mass is 329 g/mol. The van der Waals surface area contributed by atoms with Crippen LogP contribution >= 0.6 is 12.4 Å². The molecule has 0 spiro atoms. The van der Waals surface area contributed by atoms with E-state index >= 15 is 0 Å². The summed E-state index contributed by atoms with van der Waals surface area (Å²) in [4.78, 5) is 28.9. The van der Waals surface area contributed by atoms with Gasteiger partial charge in [0.2, 0.25) is 11.8 Å². The van der Waals surface area contributed by atoms with Crippen molar-refractivity contribution in [2.45, 2.75) is 64.1 Å². The van der Waals surface area contributed by atoms with Crippen molar-refractivity contribution in [1.29, 1.82) is 0 Å². The van der Waals surface area contributed by atoms with E-state index in [0.29, 0.717) is 18.5 Å². The van der Waals surface area contributed by atoms with Gasteiger partial charge in [0.05, 0.1) is 0 Å². The molecule has 126 valence electrons. The molecule has 3 atom stereocenters. The van der Waals surface area contributed by atoms with Crippen LogP contribution in [0.5, 0.6) is 0 Å². The summed E-state index contributed by atoms with van der Waals surface area (Å²) in [6.45, 7) is 6.48. The number of rotatable bonds is 3. The quantitative estimate of drug-likeness (QED) is 0.851. The van der Waals surface area contributed by atoms with Crippen LogP contribution in [-0.4, -0.2) is 59.4 Å². The topological polar surface area (TPSA) is 52.7 Å². The number of hydrogen-bond acceptors (Lipinski definition) is 3. The third-order valence-corrected chi connectivity index (χ3v) is 5.17. The Labute approximate surface area is 139 Å². The molecule has 22 heavy (non-hydrogen) atoms. The van der Waals surface area contributed by atoms with E-state index in [9.17, 15) is 9.59 Å². The number of halogens is 1. The van der Waals surface area contributed by atoms with E-state index in [1.165, 1.54) is 12.8 Å². The number of likely N-dealkylation sites (tertiary alicyclic amines) is 2. The minimum Gasteiger partial charge on any atom is -0.339 e. The molecule has 3 rings (SSSR count). The molecule has 3 unspecified atom stereocenters. The van der Waals surface area contributed by atoms with Gasteiger partial charge in [0.15, 0.2) is 0 Å². The van der Waals surface area contributed by atoms with Crippen LogP contribution in [0.25, 0.3) is 0 Å². The maximum atomic E-state index is 13.0. The van der Waals surface area contributed by atoms with Crippen LogP contribution < -0.4 is 5.32 Å². The highest BCUT2D eigenvalue weighted by Crippen LogP contribution is 2.25. The van der Waals surface area contributed by atoms with Crippen LogP contribution in [0.1, 0.15) is 46.0 Å². The SMILES string of the molecule is CC(C)C(C(=O)N1CCC2CCC(C1)N2)N1CCCC1=O.Cl. The highest BCUT2D eigenvalue weighted by Gasteiger charge is 2.39. The van der Waals surface area contributed by atoms with Crippen molar-refractivity contribution in [2.24, 2.45) is 5.92 Å². The van der Waals surface area contributed by atoms with E-state index in [-0.39, 0.29) is 36.2 Å². The van der Waals surface area contributed by atoms with Crippen molar-refractivity contribution < 1.29 is 9.59 Å². The van der Waals surface area contributed by atoms with E-state index in [1.807, 2.05) is 9.80 Å². The zero-order chi connectivity index (χ0) is 15.0. The molecule has 2 bridgehead atoms. The first-order valence-electron chi connectivity index (χ1n) is 8.40. The first-order valence-corrected chi connectivity index (χ1v) is 8.40. The largest absolute Gasteiger partial charge is 0.339 e. The summed E-state index contributed by atoms with van der Waals surface area (Å²) in [5.41, 5.74) is 0. The van der Waals surface area contributed by atoms with Crippen molar-refractivity contribution >= 4 is 24.2 Å². The second-order valence-corrected chi connectivity index (χ2v) is 7.09. The molecule has 3 aliphatic heterocycles. The van der Waals surface area contributed by atoms with Gasteiger partial charge in [-0.25, -0.2) is 0 Å². The fourth-order valence-corrected chi connectivity index (χ4v) is 4.07. The first-order chi connectivity index (χ1) is 10.1. The Balaban J connectivity index is 0.00000176. The molecule has 5 nitrogen and oxygen atoms in total. The molecule has 6 heteroatoms. The number of hydrogen-bond donors (Lipinski definition) is 1. The Bertz CT molecular complexity index is 430.